The quantitative estimate of drug-likeness (QED) is 0.760. The average Bonchev–Trinajstić information content (AvgIpc) is 2.79. The number of aliphatic hydroxyl groups is 1. The van der Waals surface area contributed by atoms with Crippen molar-refractivity contribution in [2.24, 2.45) is 0 Å². The molecule has 1 saturated carbocycles. The molecule has 1 aromatic carbocycles. The van der Waals surface area contributed by atoms with Crippen LogP contribution in [-0.4, -0.2) is 10.7 Å². The van der Waals surface area contributed by atoms with Crippen LogP contribution in [0.15, 0.2) is 12.1 Å². The molecule has 0 bridgehead atoms. The summed E-state index contributed by atoms with van der Waals surface area (Å²) in [7, 11) is 0. The van der Waals surface area contributed by atoms with E-state index in [0.29, 0.717) is 0 Å². The molecule has 0 amide bonds. The molecule has 0 radical (unpaired) electrons. The second-order valence-electron chi connectivity index (χ2n) is 4.77. The van der Waals surface area contributed by atoms with Gasteiger partial charge in [0.05, 0.1) is 5.60 Å². The molecule has 2 rings (SSSR count). The van der Waals surface area contributed by atoms with E-state index >= 15 is 0 Å². The van der Waals surface area contributed by atoms with E-state index in [4.69, 9.17) is 0 Å². The summed E-state index contributed by atoms with van der Waals surface area (Å²) in [5.41, 5.74) is 4.93. The minimum atomic E-state index is -0.370. The SMILES string of the molecule is Cc1cc(C)c(C)c(CC2(O)CC2)c1. The molecule has 0 spiro atoms. The van der Waals surface area contributed by atoms with E-state index in [2.05, 4.69) is 32.9 Å². The maximum Gasteiger partial charge on any atom is 0.0690 e. The third kappa shape index (κ3) is 1.83. The van der Waals surface area contributed by atoms with Crippen molar-refractivity contribution in [3.63, 3.8) is 0 Å². The van der Waals surface area contributed by atoms with E-state index < -0.39 is 0 Å². The van der Waals surface area contributed by atoms with Crippen molar-refractivity contribution in [2.75, 3.05) is 0 Å². The van der Waals surface area contributed by atoms with Gasteiger partial charge in [-0.15, -0.1) is 0 Å². The topological polar surface area (TPSA) is 20.2 Å². The van der Waals surface area contributed by atoms with Crippen LogP contribution < -0.4 is 0 Å². The van der Waals surface area contributed by atoms with Gasteiger partial charge in [-0.1, -0.05) is 17.7 Å². The van der Waals surface area contributed by atoms with Crippen LogP contribution in [0, 0.1) is 20.8 Å². The fraction of sp³-hybridized carbons (Fsp3) is 0.538. The minimum absolute atomic E-state index is 0.370. The molecule has 1 fully saturated rings. The van der Waals surface area contributed by atoms with E-state index in [1.54, 1.807) is 0 Å². The molecule has 1 aliphatic rings. The summed E-state index contributed by atoms with van der Waals surface area (Å²) in [5.74, 6) is 0. The van der Waals surface area contributed by atoms with Crippen molar-refractivity contribution < 1.29 is 5.11 Å². The Morgan fingerprint density at radius 1 is 1.21 bits per heavy atom. The predicted molar refractivity (Wildman–Crippen MR) is 58.5 cm³/mol. The molecular formula is C13H18O. The van der Waals surface area contributed by atoms with Gasteiger partial charge in [0.15, 0.2) is 0 Å². The Hall–Kier alpha value is -0.820. The fourth-order valence-electron chi connectivity index (χ4n) is 1.99. The summed E-state index contributed by atoms with van der Waals surface area (Å²) in [6.07, 6.45) is 2.78. The Morgan fingerprint density at radius 2 is 1.86 bits per heavy atom. The van der Waals surface area contributed by atoms with Crippen molar-refractivity contribution in [3.05, 3.63) is 34.4 Å². The lowest BCUT2D eigenvalue weighted by Crippen LogP contribution is -2.12. The van der Waals surface area contributed by atoms with E-state index in [-0.39, 0.29) is 5.60 Å². The number of aryl methyl sites for hydroxylation is 2. The van der Waals surface area contributed by atoms with Crippen molar-refractivity contribution in [1.29, 1.82) is 0 Å². The Balaban J connectivity index is 2.32. The number of hydrogen-bond donors (Lipinski definition) is 1. The van der Waals surface area contributed by atoms with Gasteiger partial charge in [-0.05, 0) is 50.3 Å². The molecule has 76 valence electrons. The molecule has 0 aromatic heterocycles. The van der Waals surface area contributed by atoms with Crippen LogP contribution in [0.2, 0.25) is 0 Å². The highest BCUT2D eigenvalue weighted by Crippen LogP contribution is 2.39. The van der Waals surface area contributed by atoms with Gasteiger partial charge in [0, 0.05) is 6.42 Å². The Bertz CT molecular complexity index is 362. The lowest BCUT2D eigenvalue weighted by molar-refractivity contribution is 0.150. The van der Waals surface area contributed by atoms with Crippen LogP contribution in [0.1, 0.15) is 35.1 Å². The summed E-state index contributed by atoms with van der Waals surface area (Å²) < 4.78 is 0. The van der Waals surface area contributed by atoms with Crippen molar-refractivity contribution in [3.8, 4) is 0 Å². The van der Waals surface area contributed by atoms with Crippen molar-refractivity contribution >= 4 is 0 Å². The van der Waals surface area contributed by atoms with Gasteiger partial charge in [-0.3, -0.25) is 0 Å². The predicted octanol–water partition coefficient (Wildman–Crippen LogP) is 2.68. The molecule has 0 heterocycles. The van der Waals surface area contributed by atoms with Gasteiger partial charge < -0.3 is 5.11 Å². The highest BCUT2D eigenvalue weighted by molar-refractivity contribution is 5.38. The van der Waals surface area contributed by atoms with Crippen LogP contribution in [0.4, 0.5) is 0 Å². The normalized spacial score (nSPS) is 18.3. The molecule has 0 saturated heterocycles. The zero-order chi connectivity index (χ0) is 10.3. The largest absolute Gasteiger partial charge is 0.390 e. The zero-order valence-electron chi connectivity index (χ0n) is 9.22. The Labute approximate surface area is 85.8 Å². The molecule has 1 aromatic rings. The Morgan fingerprint density at radius 3 is 2.43 bits per heavy atom. The molecule has 0 aliphatic heterocycles. The first-order valence-electron chi connectivity index (χ1n) is 5.29. The van der Waals surface area contributed by atoms with Gasteiger partial charge in [0.2, 0.25) is 0 Å². The maximum absolute atomic E-state index is 9.89. The molecule has 1 nitrogen and oxygen atoms in total. The second-order valence-corrected chi connectivity index (χ2v) is 4.77. The highest BCUT2D eigenvalue weighted by Gasteiger charge is 2.40. The van der Waals surface area contributed by atoms with Crippen LogP contribution in [0.3, 0.4) is 0 Å². The second kappa shape index (κ2) is 3.09. The van der Waals surface area contributed by atoms with Gasteiger partial charge in [0.1, 0.15) is 0 Å². The van der Waals surface area contributed by atoms with Crippen LogP contribution in [0.25, 0.3) is 0 Å². The molecule has 1 N–H and O–H groups in total. The lowest BCUT2D eigenvalue weighted by Gasteiger charge is -2.13. The fourth-order valence-corrected chi connectivity index (χ4v) is 1.99. The smallest absolute Gasteiger partial charge is 0.0690 e. The molecule has 1 heteroatoms. The lowest BCUT2D eigenvalue weighted by atomic mass is 9.95. The third-order valence-corrected chi connectivity index (χ3v) is 3.27. The summed E-state index contributed by atoms with van der Waals surface area (Å²) in [4.78, 5) is 0. The molecule has 0 unspecified atom stereocenters. The highest BCUT2D eigenvalue weighted by atomic mass is 16.3. The number of hydrogen-bond acceptors (Lipinski definition) is 1. The zero-order valence-corrected chi connectivity index (χ0v) is 9.22. The van der Waals surface area contributed by atoms with E-state index in [1.807, 2.05) is 0 Å². The first-order valence-corrected chi connectivity index (χ1v) is 5.29. The number of benzene rings is 1. The molecule has 14 heavy (non-hydrogen) atoms. The Kier molecular flexibility index (Phi) is 2.15. The minimum Gasteiger partial charge on any atom is -0.390 e. The summed E-state index contributed by atoms with van der Waals surface area (Å²) >= 11 is 0. The van der Waals surface area contributed by atoms with Crippen LogP contribution in [0.5, 0.6) is 0 Å². The molecular weight excluding hydrogens is 172 g/mol. The van der Waals surface area contributed by atoms with E-state index in [9.17, 15) is 5.11 Å². The first kappa shape index (κ1) is 9.72. The van der Waals surface area contributed by atoms with E-state index in [1.165, 1.54) is 22.3 Å². The van der Waals surface area contributed by atoms with Crippen LogP contribution >= 0.6 is 0 Å². The first-order chi connectivity index (χ1) is 6.50. The summed E-state index contributed by atoms with van der Waals surface area (Å²) in [6, 6.07) is 4.41. The van der Waals surface area contributed by atoms with Gasteiger partial charge in [0.25, 0.3) is 0 Å². The number of rotatable bonds is 2. The summed E-state index contributed by atoms with van der Waals surface area (Å²) in [6.45, 7) is 6.41. The van der Waals surface area contributed by atoms with Gasteiger partial charge >= 0.3 is 0 Å². The standard InChI is InChI=1S/C13H18O/c1-9-6-10(2)11(3)12(7-9)8-13(14)4-5-13/h6-7,14H,4-5,8H2,1-3H3. The molecule has 1 aliphatic carbocycles. The van der Waals surface area contributed by atoms with Gasteiger partial charge in [-0.2, -0.15) is 0 Å². The third-order valence-electron chi connectivity index (χ3n) is 3.27. The van der Waals surface area contributed by atoms with Crippen LogP contribution in [-0.2, 0) is 6.42 Å². The van der Waals surface area contributed by atoms with Crippen molar-refractivity contribution in [2.45, 2.75) is 45.6 Å². The maximum atomic E-state index is 9.89. The van der Waals surface area contributed by atoms with E-state index in [0.717, 1.165) is 19.3 Å². The van der Waals surface area contributed by atoms with Crippen molar-refractivity contribution in [1.82, 2.24) is 0 Å². The monoisotopic (exact) mass is 190 g/mol. The average molecular weight is 190 g/mol. The summed E-state index contributed by atoms with van der Waals surface area (Å²) in [5, 5.41) is 9.89. The molecule has 0 atom stereocenters. The van der Waals surface area contributed by atoms with Gasteiger partial charge in [-0.25, -0.2) is 0 Å².